The number of hydrogen-bond donors (Lipinski definition) is 2. The highest BCUT2D eigenvalue weighted by atomic mass is 32.2. The molecule has 0 aliphatic carbocycles. The normalized spacial score (nSPS) is 22.7. The quantitative estimate of drug-likeness (QED) is 0.119. The number of ether oxygens (including phenoxy) is 4. The minimum absolute atomic E-state index is 0.00709. The van der Waals surface area contributed by atoms with Gasteiger partial charge in [-0.2, -0.15) is 25.3 Å². The monoisotopic (exact) mass is 640 g/mol. The van der Waals surface area contributed by atoms with Crippen LogP contribution < -0.4 is 0 Å². The predicted molar refractivity (Wildman–Crippen MR) is 187 cm³/mol. The molecule has 0 bridgehead atoms. The van der Waals surface area contributed by atoms with Crippen molar-refractivity contribution < 1.29 is 18.9 Å². The second-order valence-corrected chi connectivity index (χ2v) is 15.3. The molecular weight excluding hydrogens is 585 g/mol. The summed E-state index contributed by atoms with van der Waals surface area (Å²) in [6.07, 6.45) is 14.1. The summed E-state index contributed by atoms with van der Waals surface area (Å²) in [7, 11) is 0. The largest absolute Gasteiger partial charge is 0.348 e. The molecule has 230 valence electrons. The summed E-state index contributed by atoms with van der Waals surface area (Å²) in [4.78, 5) is 1.15. The second-order valence-electron chi connectivity index (χ2n) is 9.67. The first-order valence-electron chi connectivity index (χ1n) is 13.7. The Morgan fingerprint density at radius 1 is 0.923 bits per heavy atom. The zero-order chi connectivity index (χ0) is 30.9. The van der Waals surface area contributed by atoms with Crippen molar-refractivity contribution in [2.75, 3.05) is 44.7 Å². The van der Waals surface area contributed by atoms with E-state index in [0.717, 1.165) is 29.4 Å². The number of rotatable bonds is 8. The van der Waals surface area contributed by atoms with Gasteiger partial charge in [0.05, 0.1) is 32.3 Å². The number of allylic oxidation sites excluding steroid dienone is 4. The SMILES string of the molecule is C#CC(/C(SC1(S)COC(C)(C)OC1)=C(C)\C=C/C)C(C)CS.CC.CC.CSC1(SC)COC(C)(C)OC1. The highest BCUT2D eigenvalue weighted by Gasteiger charge is 2.41. The van der Waals surface area contributed by atoms with Gasteiger partial charge in [-0.3, -0.25) is 0 Å². The fraction of sp³-hybridized carbons (Fsp3) is 0.800. The topological polar surface area (TPSA) is 36.9 Å². The fourth-order valence-corrected chi connectivity index (χ4v) is 6.53. The van der Waals surface area contributed by atoms with Crippen LogP contribution in [0.15, 0.2) is 22.6 Å². The molecule has 0 amide bonds. The summed E-state index contributed by atoms with van der Waals surface area (Å²) in [6, 6.07) is 0. The summed E-state index contributed by atoms with van der Waals surface area (Å²) in [5.74, 6) is 3.01. The van der Waals surface area contributed by atoms with Crippen molar-refractivity contribution in [3.8, 4) is 12.3 Å². The third-order valence-electron chi connectivity index (χ3n) is 5.74. The molecule has 0 aromatic heterocycles. The highest BCUT2D eigenvalue weighted by molar-refractivity contribution is 8.17. The first-order valence-corrected chi connectivity index (χ1v) is 18.0. The lowest BCUT2D eigenvalue weighted by atomic mass is 9.94. The molecule has 0 radical (unpaired) electrons. The van der Waals surface area contributed by atoms with Crippen LogP contribution in [0.4, 0.5) is 0 Å². The van der Waals surface area contributed by atoms with Gasteiger partial charge in [0.2, 0.25) is 0 Å². The van der Waals surface area contributed by atoms with Gasteiger partial charge >= 0.3 is 0 Å². The van der Waals surface area contributed by atoms with Crippen molar-refractivity contribution in [1.82, 2.24) is 0 Å². The average Bonchev–Trinajstić information content (AvgIpc) is 2.93. The highest BCUT2D eigenvalue weighted by Crippen LogP contribution is 2.46. The van der Waals surface area contributed by atoms with E-state index >= 15 is 0 Å². The van der Waals surface area contributed by atoms with E-state index < -0.39 is 15.7 Å². The van der Waals surface area contributed by atoms with Crippen LogP contribution in [0.3, 0.4) is 0 Å². The van der Waals surface area contributed by atoms with Gasteiger partial charge in [0, 0.05) is 4.91 Å². The molecule has 4 nitrogen and oxygen atoms in total. The maximum atomic E-state index is 5.83. The van der Waals surface area contributed by atoms with Crippen molar-refractivity contribution in [2.45, 2.75) is 95.9 Å². The standard InChI is InChI=1S/C18H28O2S3.C8H16O2S2.2C2H6/c1-7-9-13(3)16(15(8-2)14(4)10-21)23-18(22)11-19-17(5,6)20-12-18;1-7(2)9-5-8(11-3,12-4)6-10-7;2*1-2/h2,7,9,14-15,21-22H,10-12H2,1,3-6H3;5-6H2,1-4H3;2*1-2H3/b9-7-,16-13+;;;. The molecule has 2 aliphatic heterocycles. The van der Waals surface area contributed by atoms with Crippen LogP contribution >= 0.6 is 60.5 Å². The maximum Gasteiger partial charge on any atom is 0.162 e. The summed E-state index contributed by atoms with van der Waals surface area (Å²) >= 11 is 14.5. The van der Waals surface area contributed by atoms with E-state index in [1.165, 1.54) is 0 Å². The summed E-state index contributed by atoms with van der Waals surface area (Å²) in [5, 5.41) is 0. The molecule has 2 rings (SSSR count). The van der Waals surface area contributed by atoms with Gasteiger partial charge in [-0.25, -0.2) is 0 Å². The third kappa shape index (κ3) is 15.1. The summed E-state index contributed by atoms with van der Waals surface area (Å²) < 4.78 is 22.4. The van der Waals surface area contributed by atoms with Crippen molar-refractivity contribution in [1.29, 1.82) is 0 Å². The minimum Gasteiger partial charge on any atom is -0.348 e. The molecule has 0 aromatic rings. The summed E-state index contributed by atoms with van der Waals surface area (Å²) in [6.45, 7) is 24.5. The Morgan fingerprint density at radius 3 is 1.67 bits per heavy atom. The summed E-state index contributed by atoms with van der Waals surface area (Å²) in [5.41, 5.74) is 1.16. The Labute approximate surface area is 265 Å². The maximum absolute atomic E-state index is 5.83. The first-order chi connectivity index (χ1) is 18.2. The number of hydrogen-bond acceptors (Lipinski definition) is 9. The van der Waals surface area contributed by atoms with Crippen LogP contribution in [0, 0.1) is 24.2 Å². The van der Waals surface area contributed by atoms with Crippen LogP contribution in [0.25, 0.3) is 0 Å². The van der Waals surface area contributed by atoms with Crippen molar-refractivity contribution in [2.24, 2.45) is 11.8 Å². The molecule has 39 heavy (non-hydrogen) atoms. The third-order valence-corrected chi connectivity index (χ3v) is 11.2. The first kappa shape index (κ1) is 41.8. The lowest BCUT2D eigenvalue weighted by Gasteiger charge is -2.41. The molecule has 0 spiro atoms. The molecule has 2 atom stereocenters. The molecule has 2 saturated heterocycles. The Balaban J connectivity index is 0. The molecule has 2 aliphatic rings. The zero-order valence-electron chi connectivity index (χ0n) is 26.7. The van der Waals surface area contributed by atoms with Crippen molar-refractivity contribution >= 4 is 60.5 Å². The molecule has 2 unspecified atom stereocenters. The van der Waals surface area contributed by atoms with Crippen molar-refractivity contribution in [3.63, 3.8) is 0 Å². The van der Waals surface area contributed by atoms with E-state index in [1.54, 1.807) is 35.3 Å². The van der Waals surface area contributed by atoms with E-state index in [9.17, 15) is 0 Å². The smallest absolute Gasteiger partial charge is 0.162 e. The molecule has 0 N–H and O–H groups in total. The molecule has 2 heterocycles. The van der Waals surface area contributed by atoms with E-state index in [1.807, 2.05) is 68.4 Å². The van der Waals surface area contributed by atoms with Gasteiger partial charge in [-0.15, -0.1) is 41.7 Å². The van der Waals surface area contributed by atoms with Gasteiger partial charge < -0.3 is 18.9 Å². The van der Waals surface area contributed by atoms with Crippen LogP contribution in [0.5, 0.6) is 0 Å². The van der Waals surface area contributed by atoms with E-state index in [0.29, 0.717) is 13.2 Å². The Morgan fingerprint density at radius 2 is 1.33 bits per heavy atom. The van der Waals surface area contributed by atoms with Crippen molar-refractivity contribution in [3.05, 3.63) is 22.6 Å². The number of terminal acetylenes is 1. The van der Waals surface area contributed by atoms with Crippen LogP contribution in [-0.4, -0.2) is 64.4 Å². The van der Waals surface area contributed by atoms with E-state index in [4.69, 9.17) is 38.0 Å². The van der Waals surface area contributed by atoms with Crippen LogP contribution in [0.1, 0.15) is 76.2 Å². The van der Waals surface area contributed by atoms with Gasteiger partial charge in [0.15, 0.2) is 11.6 Å². The molecule has 2 fully saturated rings. The molecule has 0 saturated carbocycles. The van der Waals surface area contributed by atoms with Gasteiger partial charge in [-0.05, 0) is 71.3 Å². The molecular formula is C30H56O4S5. The van der Waals surface area contributed by atoms with E-state index in [-0.39, 0.29) is 15.9 Å². The average molecular weight is 641 g/mol. The Kier molecular flexibility index (Phi) is 22.0. The second kappa shape index (κ2) is 20.5. The number of thioether (sulfide) groups is 3. The zero-order valence-corrected chi connectivity index (χ0v) is 30.9. The minimum atomic E-state index is -0.557. The predicted octanol–water partition coefficient (Wildman–Crippen LogP) is 9.04. The van der Waals surface area contributed by atoms with E-state index in [2.05, 4.69) is 51.0 Å². The van der Waals surface area contributed by atoms with Gasteiger partial charge in [0.25, 0.3) is 0 Å². The lowest BCUT2D eigenvalue weighted by molar-refractivity contribution is -0.245. The number of thiol groups is 2. The lowest BCUT2D eigenvalue weighted by Crippen LogP contribution is -2.47. The van der Waals surface area contributed by atoms with Crippen LogP contribution in [-0.2, 0) is 18.9 Å². The van der Waals surface area contributed by atoms with Gasteiger partial charge in [-0.1, -0.05) is 52.7 Å². The molecule has 0 aromatic carbocycles. The Hall–Kier alpha value is 0.630. The van der Waals surface area contributed by atoms with Crippen LogP contribution in [0.2, 0.25) is 0 Å². The molecule has 9 heteroatoms. The van der Waals surface area contributed by atoms with Gasteiger partial charge in [0.1, 0.15) is 8.16 Å². The fourth-order valence-electron chi connectivity index (χ4n) is 3.22. The Bertz CT molecular complexity index is 748.